The summed E-state index contributed by atoms with van der Waals surface area (Å²) < 4.78 is 10.1. The average molecular weight is 339 g/mol. The van der Waals surface area contributed by atoms with Crippen LogP contribution < -0.4 is 20.7 Å². The molecule has 1 rings (SSSR count). The maximum atomic E-state index is 11.3. The number of methoxy groups -OCH3 is 1. The highest BCUT2D eigenvalue weighted by Gasteiger charge is 2.10. The zero-order chi connectivity index (χ0) is 17.2. The SMILES string of the molecule is CCCCOc1ccc(NC(C)=O)c(NC(=S)NC(=O)OC)c1. The summed E-state index contributed by atoms with van der Waals surface area (Å²) in [5.41, 5.74) is 1.03. The number of rotatable bonds is 6. The smallest absolute Gasteiger partial charge is 0.413 e. The second-order valence-corrected chi connectivity index (χ2v) is 5.07. The molecule has 0 aliphatic carbocycles. The van der Waals surface area contributed by atoms with Crippen molar-refractivity contribution in [3.63, 3.8) is 0 Å². The Hall–Kier alpha value is -2.35. The van der Waals surface area contributed by atoms with E-state index in [-0.39, 0.29) is 11.0 Å². The van der Waals surface area contributed by atoms with E-state index in [1.54, 1.807) is 18.2 Å². The summed E-state index contributed by atoms with van der Waals surface area (Å²) in [7, 11) is 1.24. The summed E-state index contributed by atoms with van der Waals surface area (Å²) in [6.07, 6.45) is 1.29. The molecule has 0 aromatic heterocycles. The minimum atomic E-state index is -0.682. The van der Waals surface area contributed by atoms with Gasteiger partial charge in [-0.15, -0.1) is 0 Å². The number of amides is 2. The lowest BCUT2D eigenvalue weighted by Gasteiger charge is -2.15. The lowest BCUT2D eigenvalue weighted by molar-refractivity contribution is -0.114. The molecule has 1 aromatic rings. The van der Waals surface area contributed by atoms with E-state index in [0.717, 1.165) is 12.8 Å². The van der Waals surface area contributed by atoms with Crippen LogP contribution in [0.15, 0.2) is 18.2 Å². The third-order valence-electron chi connectivity index (χ3n) is 2.72. The zero-order valence-electron chi connectivity index (χ0n) is 13.4. The van der Waals surface area contributed by atoms with E-state index in [1.807, 2.05) is 0 Å². The molecule has 0 saturated heterocycles. The van der Waals surface area contributed by atoms with Crippen LogP contribution in [0.4, 0.5) is 16.2 Å². The molecule has 0 saturated carbocycles. The Morgan fingerprint density at radius 2 is 1.96 bits per heavy atom. The molecule has 3 N–H and O–H groups in total. The maximum absolute atomic E-state index is 11.3. The Labute approximate surface area is 140 Å². The Morgan fingerprint density at radius 3 is 2.57 bits per heavy atom. The van der Waals surface area contributed by atoms with E-state index in [4.69, 9.17) is 17.0 Å². The first-order valence-corrected chi connectivity index (χ1v) is 7.57. The van der Waals surface area contributed by atoms with Crippen molar-refractivity contribution in [1.29, 1.82) is 0 Å². The Balaban J connectivity index is 2.88. The number of hydrogen-bond acceptors (Lipinski definition) is 5. The molecule has 0 aliphatic rings. The van der Waals surface area contributed by atoms with E-state index in [0.29, 0.717) is 23.7 Å². The highest BCUT2D eigenvalue weighted by atomic mass is 32.1. The number of benzene rings is 1. The van der Waals surface area contributed by atoms with Crippen LogP contribution in [0.1, 0.15) is 26.7 Å². The topological polar surface area (TPSA) is 88.7 Å². The molecule has 2 amide bonds. The number of carbonyl (C=O) groups excluding carboxylic acids is 2. The molecule has 0 unspecified atom stereocenters. The van der Waals surface area contributed by atoms with Gasteiger partial charge in [-0.2, -0.15) is 0 Å². The fourth-order valence-corrected chi connectivity index (χ4v) is 1.84. The predicted octanol–water partition coefficient (Wildman–Crippen LogP) is 2.88. The van der Waals surface area contributed by atoms with Crippen molar-refractivity contribution in [3.8, 4) is 5.75 Å². The van der Waals surface area contributed by atoms with Gasteiger partial charge >= 0.3 is 6.09 Å². The normalized spacial score (nSPS) is 9.70. The monoisotopic (exact) mass is 339 g/mol. The number of nitrogens with one attached hydrogen (secondary N) is 3. The van der Waals surface area contributed by atoms with Crippen LogP contribution in [0.25, 0.3) is 0 Å². The summed E-state index contributed by atoms with van der Waals surface area (Å²) in [6, 6.07) is 5.15. The lowest BCUT2D eigenvalue weighted by Crippen LogP contribution is -2.34. The number of hydrogen-bond donors (Lipinski definition) is 3. The average Bonchev–Trinajstić information content (AvgIpc) is 2.49. The molecule has 23 heavy (non-hydrogen) atoms. The van der Waals surface area contributed by atoms with E-state index < -0.39 is 6.09 Å². The van der Waals surface area contributed by atoms with Crippen LogP contribution in [-0.2, 0) is 9.53 Å². The molecule has 126 valence electrons. The maximum Gasteiger partial charge on any atom is 0.413 e. The molecule has 0 spiro atoms. The van der Waals surface area contributed by atoms with E-state index >= 15 is 0 Å². The van der Waals surface area contributed by atoms with E-state index in [9.17, 15) is 9.59 Å². The van der Waals surface area contributed by atoms with Crippen molar-refractivity contribution < 1.29 is 19.1 Å². The first-order chi connectivity index (χ1) is 11.0. The second kappa shape index (κ2) is 9.62. The van der Waals surface area contributed by atoms with Gasteiger partial charge in [-0.1, -0.05) is 13.3 Å². The van der Waals surface area contributed by atoms with Crippen LogP contribution in [0.5, 0.6) is 5.75 Å². The van der Waals surface area contributed by atoms with Gasteiger partial charge in [0.15, 0.2) is 5.11 Å². The van der Waals surface area contributed by atoms with E-state index in [2.05, 4.69) is 27.6 Å². The van der Waals surface area contributed by atoms with Crippen LogP contribution in [-0.4, -0.2) is 30.8 Å². The quantitative estimate of drug-likeness (QED) is 0.545. The number of carbonyl (C=O) groups is 2. The van der Waals surface area contributed by atoms with Gasteiger partial charge in [0, 0.05) is 13.0 Å². The van der Waals surface area contributed by atoms with Crippen LogP contribution in [0.3, 0.4) is 0 Å². The van der Waals surface area contributed by atoms with Gasteiger partial charge in [0.2, 0.25) is 5.91 Å². The van der Waals surface area contributed by atoms with Gasteiger partial charge in [-0.3, -0.25) is 10.1 Å². The van der Waals surface area contributed by atoms with Crippen molar-refractivity contribution in [1.82, 2.24) is 5.32 Å². The predicted molar refractivity (Wildman–Crippen MR) is 92.9 cm³/mol. The van der Waals surface area contributed by atoms with Gasteiger partial charge in [0.25, 0.3) is 0 Å². The van der Waals surface area contributed by atoms with Crippen molar-refractivity contribution >= 4 is 40.7 Å². The molecule has 0 atom stereocenters. The number of thiocarbonyl (C=S) groups is 1. The fraction of sp³-hybridized carbons (Fsp3) is 0.400. The number of alkyl carbamates (subject to hydrolysis) is 1. The summed E-state index contributed by atoms with van der Waals surface area (Å²) in [6.45, 7) is 4.08. The Bertz CT molecular complexity index is 578. The highest BCUT2D eigenvalue weighted by Crippen LogP contribution is 2.27. The molecule has 0 fully saturated rings. The van der Waals surface area contributed by atoms with Crippen LogP contribution in [0.2, 0.25) is 0 Å². The zero-order valence-corrected chi connectivity index (χ0v) is 14.2. The minimum absolute atomic E-state index is 0.0501. The first-order valence-electron chi connectivity index (χ1n) is 7.16. The largest absolute Gasteiger partial charge is 0.494 e. The molecular weight excluding hydrogens is 318 g/mol. The third kappa shape index (κ3) is 6.96. The molecule has 0 aliphatic heterocycles. The first kappa shape index (κ1) is 18.7. The fourth-order valence-electron chi connectivity index (χ4n) is 1.65. The summed E-state index contributed by atoms with van der Waals surface area (Å²) in [5.74, 6) is 0.412. The molecule has 0 heterocycles. The molecule has 1 aromatic carbocycles. The van der Waals surface area contributed by atoms with Crippen molar-refractivity contribution in [2.24, 2.45) is 0 Å². The van der Waals surface area contributed by atoms with Crippen LogP contribution >= 0.6 is 12.2 Å². The van der Waals surface area contributed by atoms with Crippen molar-refractivity contribution in [3.05, 3.63) is 18.2 Å². The highest BCUT2D eigenvalue weighted by molar-refractivity contribution is 7.80. The lowest BCUT2D eigenvalue weighted by atomic mass is 10.2. The standard InChI is InChI=1S/C15H21N3O4S/c1-4-5-8-22-11-6-7-12(16-10(2)19)13(9-11)17-14(23)18-15(20)21-3/h6-7,9H,4-5,8H2,1-3H3,(H,16,19)(H2,17,18,20,23). The molecule has 7 nitrogen and oxygen atoms in total. The third-order valence-corrected chi connectivity index (χ3v) is 2.92. The number of ether oxygens (including phenoxy) is 2. The summed E-state index contributed by atoms with van der Waals surface area (Å²) in [5, 5.41) is 7.90. The van der Waals surface area contributed by atoms with Gasteiger partial charge in [0.1, 0.15) is 5.75 Å². The second-order valence-electron chi connectivity index (χ2n) is 4.66. The minimum Gasteiger partial charge on any atom is -0.494 e. The summed E-state index contributed by atoms with van der Waals surface area (Å²) in [4.78, 5) is 22.4. The van der Waals surface area contributed by atoms with Gasteiger partial charge in [-0.25, -0.2) is 4.79 Å². The Morgan fingerprint density at radius 1 is 1.22 bits per heavy atom. The van der Waals surface area contributed by atoms with Gasteiger partial charge in [-0.05, 0) is 30.8 Å². The van der Waals surface area contributed by atoms with E-state index in [1.165, 1.54) is 14.0 Å². The number of anilines is 2. The van der Waals surface area contributed by atoms with Crippen LogP contribution in [0, 0.1) is 0 Å². The molecule has 8 heteroatoms. The molecule has 0 bridgehead atoms. The number of unbranched alkanes of at least 4 members (excludes halogenated alkanes) is 1. The molecule has 0 radical (unpaired) electrons. The van der Waals surface area contributed by atoms with Crippen molar-refractivity contribution in [2.45, 2.75) is 26.7 Å². The molecular formula is C15H21N3O4S. The Kier molecular flexibility index (Phi) is 7.82. The van der Waals surface area contributed by atoms with Crippen molar-refractivity contribution in [2.75, 3.05) is 24.4 Å². The van der Waals surface area contributed by atoms with Gasteiger partial charge < -0.3 is 20.1 Å². The summed E-state index contributed by atoms with van der Waals surface area (Å²) >= 11 is 5.02. The van der Waals surface area contributed by atoms with Gasteiger partial charge in [0.05, 0.1) is 25.1 Å².